The highest BCUT2D eigenvalue weighted by Gasteiger charge is 1.60. The van der Waals surface area contributed by atoms with E-state index in [-0.39, 0.29) is 8.98 Å². The zero-order valence-corrected chi connectivity index (χ0v) is 9.18. The van der Waals surface area contributed by atoms with Crippen LogP contribution in [0.5, 0.6) is 0 Å². The van der Waals surface area contributed by atoms with Gasteiger partial charge in [0, 0.05) is 6.08 Å². The topological polar surface area (TPSA) is 23.8 Å². The molecule has 68 valence electrons. The summed E-state index contributed by atoms with van der Waals surface area (Å²) < 4.78 is 0.222. The lowest BCUT2D eigenvalue weighted by molar-refractivity contribution is 1.54. The van der Waals surface area contributed by atoms with Crippen molar-refractivity contribution in [3.05, 3.63) is 34.8 Å². The minimum absolute atomic E-state index is 0.111. The number of nitrogens with zero attached hydrogens (tertiary/aromatic N) is 1. The van der Waals surface area contributed by atoms with Gasteiger partial charge in [0.1, 0.15) is 0 Å². The van der Waals surface area contributed by atoms with E-state index >= 15 is 0 Å². The molecule has 0 aliphatic heterocycles. The number of hydrogen-bond acceptors (Lipinski definition) is 1. The zero-order valence-electron chi connectivity index (χ0n) is 6.16. The van der Waals surface area contributed by atoms with Gasteiger partial charge in [-0.05, 0) is 0 Å². The predicted molar refractivity (Wildman–Crippen MR) is 57.5 cm³/mol. The highest BCUT2D eigenvalue weighted by Crippen LogP contribution is 1.98. The van der Waals surface area contributed by atoms with Gasteiger partial charge in [0.15, 0.2) is 0 Å². The van der Waals surface area contributed by atoms with E-state index in [0.717, 1.165) is 0 Å². The fraction of sp³-hybridized carbons (Fsp3) is 0. The van der Waals surface area contributed by atoms with Crippen LogP contribution in [0.15, 0.2) is 34.8 Å². The third-order valence-corrected chi connectivity index (χ3v) is 0.0913. The first-order valence-electron chi connectivity index (χ1n) is 2.38. The summed E-state index contributed by atoms with van der Waals surface area (Å²) >= 11 is 19.4. The summed E-state index contributed by atoms with van der Waals surface area (Å²) in [5.74, 6) is 0. The van der Waals surface area contributed by atoms with Crippen LogP contribution in [0, 0.1) is 11.3 Å². The van der Waals surface area contributed by atoms with Crippen molar-refractivity contribution in [2.75, 3.05) is 0 Å². The molecule has 0 aromatic rings. The Balaban J connectivity index is -0.000000101. The standard InChI is InChI=1S/C3H3N.2C2H2Cl2/c1-2-3-4;2*1-2(3)4/h2H,1H2;2*1H2. The van der Waals surface area contributed by atoms with Gasteiger partial charge in [0.05, 0.1) is 15.1 Å². The largest absolute Gasteiger partial charge is 0.193 e. The molecule has 0 aromatic heterocycles. The number of nitriles is 1. The quantitative estimate of drug-likeness (QED) is 0.575. The van der Waals surface area contributed by atoms with Crippen LogP contribution in [-0.4, -0.2) is 0 Å². The number of allylic oxidation sites excluding steroid dienone is 1. The zero-order chi connectivity index (χ0) is 10.6. The third kappa shape index (κ3) is 1030. The van der Waals surface area contributed by atoms with Gasteiger partial charge in [-0.15, -0.1) is 0 Å². The molecule has 0 fully saturated rings. The van der Waals surface area contributed by atoms with Gasteiger partial charge in [0.2, 0.25) is 0 Å². The molecule has 5 heteroatoms. The van der Waals surface area contributed by atoms with Crippen LogP contribution >= 0.6 is 46.4 Å². The number of rotatable bonds is 0. The molecule has 12 heavy (non-hydrogen) atoms. The Morgan fingerprint density at radius 3 is 1.17 bits per heavy atom. The van der Waals surface area contributed by atoms with Crippen LogP contribution in [-0.2, 0) is 0 Å². The summed E-state index contributed by atoms with van der Waals surface area (Å²) in [5.41, 5.74) is 0. The van der Waals surface area contributed by atoms with E-state index in [9.17, 15) is 0 Å². The van der Waals surface area contributed by atoms with E-state index in [1.165, 1.54) is 6.08 Å². The summed E-state index contributed by atoms with van der Waals surface area (Å²) in [5, 5.41) is 7.51. The first kappa shape index (κ1) is 17.8. The van der Waals surface area contributed by atoms with Gasteiger partial charge in [-0.3, -0.25) is 0 Å². The molecule has 0 aliphatic rings. The minimum Gasteiger partial charge on any atom is -0.193 e. The molecule has 0 saturated heterocycles. The SMILES string of the molecule is C=C(Cl)Cl.C=C(Cl)Cl.C=CC#N. The van der Waals surface area contributed by atoms with E-state index in [0.29, 0.717) is 0 Å². The molecule has 0 unspecified atom stereocenters. The van der Waals surface area contributed by atoms with Crippen molar-refractivity contribution in [1.82, 2.24) is 0 Å². The molecule has 0 rings (SSSR count). The van der Waals surface area contributed by atoms with Crippen molar-refractivity contribution in [3.63, 3.8) is 0 Å². The van der Waals surface area contributed by atoms with Crippen LogP contribution in [0.4, 0.5) is 0 Å². The van der Waals surface area contributed by atoms with Crippen LogP contribution in [0.25, 0.3) is 0 Å². The van der Waals surface area contributed by atoms with Gasteiger partial charge in [-0.25, -0.2) is 0 Å². The van der Waals surface area contributed by atoms with Gasteiger partial charge >= 0.3 is 0 Å². The van der Waals surface area contributed by atoms with Crippen molar-refractivity contribution in [2.45, 2.75) is 0 Å². The van der Waals surface area contributed by atoms with Crippen molar-refractivity contribution >= 4 is 46.4 Å². The maximum absolute atomic E-state index is 7.51. The third-order valence-electron chi connectivity index (χ3n) is 0.0913. The van der Waals surface area contributed by atoms with Gasteiger partial charge in [0.25, 0.3) is 0 Å². The number of halogens is 4. The van der Waals surface area contributed by atoms with E-state index in [2.05, 4.69) is 19.7 Å². The molecule has 0 N–H and O–H groups in total. The molecular formula is C7H7Cl4N. The molecule has 1 nitrogen and oxygen atoms in total. The van der Waals surface area contributed by atoms with Crippen molar-refractivity contribution in [2.24, 2.45) is 0 Å². The van der Waals surface area contributed by atoms with Crippen LogP contribution < -0.4 is 0 Å². The number of hydrogen-bond donors (Lipinski definition) is 0. The Bertz CT molecular complexity index is 160. The second kappa shape index (κ2) is 17.1. The Kier molecular flexibility index (Phi) is 25.4. The van der Waals surface area contributed by atoms with E-state index in [1.54, 1.807) is 6.07 Å². The predicted octanol–water partition coefficient (Wildman–Crippen LogP) is 4.57. The smallest absolute Gasteiger partial charge is 0.0992 e. The first-order valence-corrected chi connectivity index (χ1v) is 3.90. The fourth-order valence-corrected chi connectivity index (χ4v) is 0. The summed E-state index contributed by atoms with van der Waals surface area (Å²) in [6.45, 7) is 9.29. The molecule has 0 aliphatic carbocycles. The van der Waals surface area contributed by atoms with Gasteiger partial charge < -0.3 is 0 Å². The summed E-state index contributed by atoms with van der Waals surface area (Å²) in [6, 6.07) is 1.69. The molecule has 0 aromatic carbocycles. The second-order valence-electron chi connectivity index (χ2n) is 1.01. The molecule has 0 amide bonds. The van der Waals surface area contributed by atoms with Crippen LogP contribution in [0.3, 0.4) is 0 Å². The molecule has 0 heterocycles. The summed E-state index contributed by atoms with van der Waals surface area (Å²) in [7, 11) is 0. The monoisotopic (exact) mass is 245 g/mol. The Morgan fingerprint density at radius 1 is 1.08 bits per heavy atom. The Morgan fingerprint density at radius 2 is 1.17 bits per heavy atom. The molecule has 0 spiro atoms. The van der Waals surface area contributed by atoms with E-state index in [4.69, 9.17) is 51.7 Å². The highest BCUT2D eigenvalue weighted by atomic mass is 35.5. The normalized spacial score (nSPS) is 5.58. The molecule has 0 radical (unpaired) electrons. The van der Waals surface area contributed by atoms with Crippen LogP contribution in [0.1, 0.15) is 0 Å². The van der Waals surface area contributed by atoms with Crippen LogP contribution in [0.2, 0.25) is 0 Å². The molecule has 0 saturated carbocycles. The highest BCUT2D eigenvalue weighted by molar-refractivity contribution is 6.55. The average Bonchev–Trinajstić information content (AvgIpc) is 1.85. The average molecular weight is 247 g/mol. The van der Waals surface area contributed by atoms with E-state index < -0.39 is 0 Å². The van der Waals surface area contributed by atoms with E-state index in [1.807, 2.05) is 0 Å². The molecule has 0 bridgehead atoms. The maximum Gasteiger partial charge on any atom is 0.0992 e. The first-order chi connectivity index (χ1) is 5.38. The van der Waals surface area contributed by atoms with Crippen molar-refractivity contribution in [3.8, 4) is 6.07 Å². The lowest BCUT2D eigenvalue weighted by Crippen LogP contribution is -1.24. The fourth-order valence-electron chi connectivity index (χ4n) is 0. The maximum atomic E-state index is 7.51. The van der Waals surface area contributed by atoms with Crippen molar-refractivity contribution < 1.29 is 0 Å². The minimum atomic E-state index is 0.111. The second-order valence-corrected chi connectivity index (χ2v) is 3.22. The van der Waals surface area contributed by atoms with Crippen molar-refractivity contribution in [1.29, 1.82) is 5.26 Å². The lowest BCUT2D eigenvalue weighted by Gasteiger charge is -1.57. The van der Waals surface area contributed by atoms with Gasteiger partial charge in [-0.1, -0.05) is 66.1 Å². The Hall–Kier alpha value is -0.130. The lowest BCUT2D eigenvalue weighted by atomic mass is 10.8. The van der Waals surface area contributed by atoms with Gasteiger partial charge in [-0.2, -0.15) is 5.26 Å². The molecule has 0 atom stereocenters. The molecular weight excluding hydrogens is 240 g/mol. The summed E-state index contributed by atoms with van der Waals surface area (Å²) in [6.07, 6.45) is 1.18. The Labute approximate surface area is 92.5 Å². The summed E-state index contributed by atoms with van der Waals surface area (Å²) in [4.78, 5) is 0.